The standard InChI is InChI=1S/C26H29N5O3/c1-16-15-31(26(32)29-24-17(2)18(3)34-30-24)10-9-21(16)11-19-5-4-6-23(12-19)33-25-27-13-22(14-28-25)20-7-8-20/h4-6,11-14,16,20H,7-10,15H2,1-3H3,(H,29,30,32)/b21-11+. The summed E-state index contributed by atoms with van der Waals surface area (Å²) < 4.78 is 11.0. The molecule has 2 amide bonds. The van der Waals surface area contributed by atoms with Crippen LogP contribution >= 0.6 is 0 Å². The molecule has 34 heavy (non-hydrogen) atoms. The summed E-state index contributed by atoms with van der Waals surface area (Å²) in [6.45, 7) is 7.15. The number of amides is 2. The van der Waals surface area contributed by atoms with Gasteiger partial charge in [0.05, 0.1) is 0 Å². The van der Waals surface area contributed by atoms with Gasteiger partial charge in [0.1, 0.15) is 11.5 Å². The van der Waals surface area contributed by atoms with Crippen LogP contribution in [0.2, 0.25) is 0 Å². The van der Waals surface area contributed by atoms with Crippen molar-refractivity contribution >= 4 is 17.9 Å². The maximum Gasteiger partial charge on any atom is 0.323 e. The molecule has 2 aliphatic rings. The van der Waals surface area contributed by atoms with Gasteiger partial charge in [0.25, 0.3) is 0 Å². The van der Waals surface area contributed by atoms with Crippen LogP contribution in [0.3, 0.4) is 0 Å². The molecule has 1 saturated carbocycles. The number of benzene rings is 1. The van der Waals surface area contributed by atoms with Crippen molar-refractivity contribution in [3.05, 3.63) is 64.7 Å². The number of hydrogen-bond acceptors (Lipinski definition) is 6. The quantitative estimate of drug-likeness (QED) is 0.525. The first-order valence-corrected chi connectivity index (χ1v) is 11.8. The molecule has 0 spiro atoms. The van der Waals surface area contributed by atoms with Crippen molar-refractivity contribution in [1.82, 2.24) is 20.0 Å². The second-order valence-electron chi connectivity index (χ2n) is 9.21. The third-order valence-electron chi connectivity index (χ3n) is 6.58. The van der Waals surface area contributed by atoms with Crippen LogP contribution in [0.4, 0.5) is 10.6 Å². The number of aryl methyl sites for hydroxylation is 1. The summed E-state index contributed by atoms with van der Waals surface area (Å²) in [6.07, 6.45) is 9.17. The zero-order valence-electron chi connectivity index (χ0n) is 19.7. The molecule has 2 fully saturated rings. The van der Waals surface area contributed by atoms with Crippen molar-refractivity contribution in [1.29, 1.82) is 0 Å². The van der Waals surface area contributed by atoms with Crippen molar-refractivity contribution in [2.75, 3.05) is 18.4 Å². The fourth-order valence-corrected chi connectivity index (χ4v) is 4.16. The van der Waals surface area contributed by atoms with Gasteiger partial charge in [-0.05, 0) is 68.2 Å². The molecule has 2 aromatic heterocycles. The lowest BCUT2D eigenvalue weighted by atomic mass is 9.91. The van der Waals surface area contributed by atoms with Gasteiger partial charge in [0, 0.05) is 31.0 Å². The number of anilines is 1. The van der Waals surface area contributed by atoms with E-state index in [1.54, 1.807) is 0 Å². The van der Waals surface area contributed by atoms with Crippen molar-refractivity contribution in [3.8, 4) is 11.8 Å². The Morgan fingerprint density at radius 2 is 2.03 bits per heavy atom. The average Bonchev–Trinajstić information content (AvgIpc) is 3.64. The van der Waals surface area contributed by atoms with Gasteiger partial charge in [-0.3, -0.25) is 5.32 Å². The number of ether oxygens (including phenoxy) is 1. The molecule has 3 heterocycles. The summed E-state index contributed by atoms with van der Waals surface area (Å²) in [7, 11) is 0. The van der Waals surface area contributed by atoms with Crippen LogP contribution in [-0.4, -0.2) is 39.1 Å². The number of piperidine rings is 1. The predicted molar refractivity (Wildman–Crippen MR) is 129 cm³/mol. The molecule has 1 aliphatic carbocycles. The smallest absolute Gasteiger partial charge is 0.323 e. The van der Waals surface area contributed by atoms with E-state index in [4.69, 9.17) is 9.26 Å². The number of carbonyl (C=O) groups excluding carboxylic acids is 1. The van der Waals surface area contributed by atoms with Crippen LogP contribution in [0, 0.1) is 19.8 Å². The van der Waals surface area contributed by atoms with Crippen molar-refractivity contribution in [3.63, 3.8) is 0 Å². The largest absolute Gasteiger partial charge is 0.424 e. The Balaban J connectivity index is 1.21. The Morgan fingerprint density at radius 3 is 2.71 bits per heavy atom. The normalized spacial score (nSPS) is 19.3. The molecule has 8 heteroatoms. The summed E-state index contributed by atoms with van der Waals surface area (Å²) in [5.41, 5.74) is 4.40. The van der Waals surface area contributed by atoms with E-state index >= 15 is 0 Å². The highest BCUT2D eigenvalue weighted by Crippen LogP contribution is 2.39. The van der Waals surface area contributed by atoms with Gasteiger partial charge in [0.2, 0.25) is 0 Å². The van der Waals surface area contributed by atoms with Crippen LogP contribution in [0.5, 0.6) is 11.8 Å². The maximum atomic E-state index is 12.7. The number of urea groups is 1. The summed E-state index contributed by atoms with van der Waals surface area (Å²) >= 11 is 0. The first-order chi connectivity index (χ1) is 16.5. The summed E-state index contributed by atoms with van der Waals surface area (Å²) in [5.74, 6) is 2.76. The highest BCUT2D eigenvalue weighted by atomic mass is 16.5. The monoisotopic (exact) mass is 459 g/mol. The molecular formula is C26H29N5O3. The first kappa shape index (κ1) is 22.1. The molecule has 1 unspecified atom stereocenters. The minimum absolute atomic E-state index is 0.148. The van der Waals surface area contributed by atoms with Gasteiger partial charge in [-0.25, -0.2) is 14.8 Å². The number of nitrogens with one attached hydrogen (secondary N) is 1. The molecule has 1 N–H and O–H groups in total. The Bertz CT molecular complexity index is 1210. The number of aromatic nitrogens is 3. The first-order valence-electron chi connectivity index (χ1n) is 11.8. The number of nitrogens with zero attached hydrogens (tertiary/aromatic N) is 4. The Hall–Kier alpha value is -3.68. The molecule has 1 saturated heterocycles. The lowest BCUT2D eigenvalue weighted by Gasteiger charge is -2.33. The van der Waals surface area contributed by atoms with E-state index in [1.165, 1.54) is 24.0 Å². The van der Waals surface area contributed by atoms with Crippen molar-refractivity contribution in [2.45, 2.75) is 46.0 Å². The zero-order chi connectivity index (χ0) is 23.7. The molecule has 0 bridgehead atoms. The minimum Gasteiger partial charge on any atom is -0.424 e. The van der Waals surface area contributed by atoms with E-state index in [2.05, 4.69) is 39.5 Å². The summed E-state index contributed by atoms with van der Waals surface area (Å²) in [5, 5.41) is 6.79. The molecule has 3 aromatic rings. The zero-order valence-corrected chi connectivity index (χ0v) is 19.7. The Morgan fingerprint density at radius 1 is 1.24 bits per heavy atom. The van der Waals surface area contributed by atoms with Gasteiger partial charge in [-0.1, -0.05) is 35.9 Å². The lowest BCUT2D eigenvalue weighted by Crippen LogP contribution is -2.42. The van der Waals surface area contributed by atoms with E-state index in [0.717, 1.165) is 17.5 Å². The highest BCUT2D eigenvalue weighted by molar-refractivity contribution is 5.89. The van der Waals surface area contributed by atoms with Gasteiger partial charge >= 0.3 is 12.0 Å². The third-order valence-corrected chi connectivity index (χ3v) is 6.58. The topological polar surface area (TPSA) is 93.4 Å². The molecule has 176 valence electrons. The van der Waals surface area contributed by atoms with Crippen molar-refractivity contribution in [2.24, 2.45) is 5.92 Å². The second-order valence-corrected chi connectivity index (χ2v) is 9.21. The Kier molecular flexibility index (Phi) is 6.04. The molecular weight excluding hydrogens is 430 g/mol. The number of likely N-dealkylation sites (tertiary alicyclic amines) is 1. The number of rotatable bonds is 5. The third kappa shape index (κ3) is 4.95. The van der Waals surface area contributed by atoms with Gasteiger partial charge in [0.15, 0.2) is 5.82 Å². The number of hydrogen-bond donors (Lipinski definition) is 1. The predicted octanol–water partition coefficient (Wildman–Crippen LogP) is 5.71. The van der Waals surface area contributed by atoms with Crippen LogP contribution < -0.4 is 10.1 Å². The van der Waals surface area contributed by atoms with Crippen LogP contribution in [0.25, 0.3) is 6.08 Å². The van der Waals surface area contributed by atoms with Crippen LogP contribution in [-0.2, 0) is 0 Å². The number of carbonyl (C=O) groups is 1. The average molecular weight is 460 g/mol. The second kappa shape index (κ2) is 9.29. The fourth-order valence-electron chi connectivity index (χ4n) is 4.16. The van der Waals surface area contributed by atoms with E-state index in [-0.39, 0.29) is 11.9 Å². The molecule has 1 aromatic carbocycles. The Labute approximate surface area is 199 Å². The highest BCUT2D eigenvalue weighted by Gasteiger charge is 2.26. The van der Waals surface area contributed by atoms with Crippen LogP contribution in [0.15, 0.2) is 46.8 Å². The van der Waals surface area contributed by atoms with Gasteiger partial charge in [-0.15, -0.1) is 0 Å². The summed E-state index contributed by atoms with van der Waals surface area (Å²) in [6, 6.07) is 8.13. The maximum absolute atomic E-state index is 12.7. The fraction of sp³-hybridized carbons (Fsp3) is 0.385. The molecule has 0 radical (unpaired) electrons. The van der Waals surface area contributed by atoms with E-state index < -0.39 is 0 Å². The molecule has 5 rings (SSSR count). The van der Waals surface area contributed by atoms with E-state index in [0.29, 0.717) is 42.3 Å². The van der Waals surface area contributed by atoms with Crippen LogP contribution in [0.1, 0.15) is 54.6 Å². The SMILES string of the molecule is Cc1onc(NC(=O)N2CC/C(=C\c3cccc(Oc4ncc(C5CC5)cn4)c3)C(C)C2)c1C. The lowest BCUT2D eigenvalue weighted by molar-refractivity contribution is 0.197. The molecule has 8 nitrogen and oxygen atoms in total. The van der Waals surface area contributed by atoms with E-state index in [1.807, 2.05) is 49.3 Å². The summed E-state index contributed by atoms with van der Waals surface area (Å²) in [4.78, 5) is 23.2. The van der Waals surface area contributed by atoms with Gasteiger partial charge in [-0.2, -0.15) is 0 Å². The van der Waals surface area contributed by atoms with Crippen molar-refractivity contribution < 1.29 is 14.1 Å². The molecule has 1 aliphatic heterocycles. The van der Waals surface area contributed by atoms with Gasteiger partial charge < -0.3 is 14.2 Å². The minimum atomic E-state index is -0.148. The molecule has 1 atom stereocenters. The van der Waals surface area contributed by atoms with E-state index in [9.17, 15) is 4.79 Å².